The molecule has 0 aliphatic carbocycles. The number of rotatable bonds is 12. The molecule has 0 aromatic heterocycles. The van der Waals surface area contributed by atoms with Crippen LogP contribution in [0.5, 0.6) is 11.5 Å². The molecule has 0 fully saturated rings. The zero-order valence-corrected chi connectivity index (χ0v) is 21.4. The van der Waals surface area contributed by atoms with E-state index in [1.165, 1.54) is 0 Å². The number of halogens is 3. The van der Waals surface area contributed by atoms with Gasteiger partial charge in [-0.15, -0.1) is 11.6 Å². The van der Waals surface area contributed by atoms with Gasteiger partial charge in [-0.2, -0.15) is 0 Å². The first-order chi connectivity index (χ1) is 15.1. The van der Waals surface area contributed by atoms with Crippen molar-refractivity contribution in [2.75, 3.05) is 30.6 Å². The Hall–Kier alpha value is -0.860. The summed E-state index contributed by atoms with van der Waals surface area (Å²) in [5, 5.41) is 20.2. The summed E-state index contributed by atoms with van der Waals surface area (Å²) in [7, 11) is 0. The normalized spacial score (nSPS) is 14.7. The Morgan fingerprint density at radius 2 is 1.53 bits per heavy atom. The third-order valence-corrected chi connectivity index (χ3v) is 7.36. The van der Waals surface area contributed by atoms with Gasteiger partial charge in [0.25, 0.3) is 0 Å². The van der Waals surface area contributed by atoms with Gasteiger partial charge in [0.15, 0.2) is 5.75 Å². The van der Waals surface area contributed by atoms with E-state index < -0.39 is 28.8 Å². The second-order valence-electron chi connectivity index (χ2n) is 7.90. The van der Waals surface area contributed by atoms with Gasteiger partial charge in [0.1, 0.15) is 42.7 Å². The molecule has 2 N–H and O–H groups in total. The molecule has 0 spiro atoms. The van der Waals surface area contributed by atoms with Gasteiger partial charge in [-0.05, 0) is 42.3 Å². The number of ether oxygens (including phenoxy) is 2. The van der Waals surface area contributed by atoms with Crippen molar-refractivity contribution in [3.8, 4) is 11.5 Å². The van der Waals surface area contributed by atoms with E-state index in [0.29, 0.717) is 21.5 Å². The fraction of sp³-hybridized carbons (Fsp3) is 0.478. The Labute approximate surface area is 207 Å². The SMILES string of the molecule is CC[S+]([O-])CC(O)COc1c(Cl)cc(C(C)(C)c2ccc(OCC(O)CCl)cc2)cc1Cl. The van der Waals surface area contributed by atoms with E-state index in [1.54, 1.807) is 19.1 Å². The molecule has 2 aromatic rings. The molecule has 3 atom stereocenters. The van der Waals surface area contributed by atoms with Gasteiger partial charge in [-0.25, -0.2) is 0 Å². The molecule has 0 saturated carbocycles. The minimum Gasteiger partial charge on any atom is -0.616 e. The van der Waals surface area contributed by atoms with Crippen molar-refractivity contribution < 1.29 is 24.2 Å². The van der Waals surface area contributed by atoms with Crippen molar-refractivity contribution in [1.82, 2.24) is 0 Å². The van der Waals surface area contributed by atoms with Crippen molar-refractivity contribution in [2.45, 2.75) is 38.4 Å². The Bertz CT molecular complexity index is 840. The van der Waals surface area contributed by atoms with Crippen molar-refractivity contribution >= 4 is 46.0 Å². The zero-order chi connectivity index (χ0) is 23.9. The van der Waals surface area contributed by atoms with Gasteiger partial charge in [0.2, 0.25) is 0 Å². The predicted octanol–water partition coefficient (Wildman–Crippen LogP) is 4.81. The van der Waals surface area contributed by atoms with Gasteiger partial charge < -0.3 is 24.2 Å². The molecular formula is C23H29Cl3O5S. The molecule has 0 aliphatic rings. The second-order valence-corrected chi connectivity index (χ2v) is 10.8. The first-order valence-corrected chi connectivity index (χ1v) is 13.0. The maximum Gasteiger partial charge on any atom is 0.156 e. The summed E-state index contributed by atoms with van der Waals surface area (Å²) >= 11 is 17.4. The Kier molecular flexibility index (Phi) is 10.7. The van der Waals surface area contributed by atoms with Crippen LogP contribution in [0.1, 0.15) is 31.9 Å². The Morgan fingerprint density at radius 1 is 0.969 bits per heavy atom. The number of hydrogen-bond acceptors (Lipinski definition) is 5. The predicted molar refractivity (Wildman–Crippen MR) is 132 cm³/mol. The summed E-state index contributed by atoms with van der Waals surface area (Å²) < 4.78 is 22.7. The summed E-state index contributed by atoms with van der Waals surface area (Å²) in [6, 6.07) is 11.1. The topological polar surface area (TPSA) is 82.0 Å². The Balaban J connectivity index is 2.13. The fourth-order valence-corrected chi connectivity index (χ4v) is 4.44. The number of aliphatic hydroxyl groups excluding tert-OH is 2. The van der Waals surface area contributed by atoms with E-state index in [1.807, 2.05) is 38.1 Å². The van der Waals surface area contributed by atoms with E-state index in [2.05, 4.69) is 0 Å². The largest absolute Gasteiger partial charge is 0.616 e. The van der Waals surface area contributed by atoms with E-state index in [4.69, 9.17) is 44.3 Å². The van der Waals surface area contributed by atoms with Crippen molar-refractivity contribution in [1.29, 1.82) is 0 Å². The molecule has 2 rings (SSSR count). The van der Waals surface area contributed by atoms with Crippen LogP contribution in [0.15, 0.2) is 36.4 Å². The third kappa shape index (κ3) is 7.59. The molecule has 32 heavy (non-hydrogen) atoms. The third-order valence-electron chi connectivity index (χ3n) is 5.04. The molecule has 0 radical (unpaired) electrons. The lowest BCUT2D eigenvalue weighted by Crippen LogP contribution is -2.28. The molecule has 0 amide bonds. The second kappa shape index (κ2) is 12.6. The summed E-state index contributed by atoms with van der Waals surface area (Å²) in [5.41, 5.74) is 1.48. The van der Waals surface area contributed by atoms with Crippen LogP contribution in [0.4, 0.5) is 0 Å². The van der Waals surface area contributed by atoms with Crippen LogP contribution >= 0.6 is 34.8 Å². The van der Waals surface area contributed by atoms with Gasteiger partial charge in [-0.3, -0.25) is 0 Å². The highest BCUT2D eigenvalue weighted by molar-refractivity contribution is 7.91. The van der Waals surface area contributed by atoms with Gasteiger partial charge in [0.05, 0.1) is 15.9 Å². The monoisotopic (exact) mass is 522 g/mol. The van der Waals surface area contributed by atoms with Gasteiger partial charge >= 0.3 is 0 Å². The molecule has 0 heterocycles. The molecule has 2 aromatic carbocycles. The maximum atomic E-state index is 11.6. The number of hydrogen-bond donors (Lipinski definition) is 2. The minimum absolute atomic E-state index is 0.0478. The number of alkyl halides is 1. The molecular weight excluding hydrogens is 495 g/mol. The average Bonchev–Trinajstić information content (AvgIpc) is 2.76. The standard InChI is InChI=1S/C23H29Cl3O5S/c1-4-32(29)14-18(28)13-31-22-20(25)9-16(10-21(22)26)23(2,3)15-5-7-19(8-6-15)30-12-17(27)11-24/h5-10,17-18,27-28H,4,11-14H2,1-3H3. The Morgan fingerprint density at radius 3 is 2.06 bits per heavy atom. The summed E-state index contributed by atoms with van der Waals surface area (Å²) in [4.78, 5) is 0. The van der Waals surface area contributed by atoms with Crippen LogP contribution < -0.4 is 9.47 Å². The quantitative estimate of drug-likeness (QED) is 0.308. The lowest BCUT2D eigenvalue weighted by atomic mass is 9.78. The number of aliphatic hydroxyl groups is 2. The molecule has 3 unspecified atom stereocenters. The maximum absolute atomic E-state index is 11.6. The fourth-order valence-electron chi connectivity index (χ4n) is 2.99. The molecule has 0 aliphatic heterocycles. The first kappa shape index (κ1) is 27.4. The first-order valence-electron chi connectivity index (χ1n) is 10.2. The summed E-state index contributed by atoms with van der Waals surface area (Å²) in [5.74, 6) is 1.65. The lowest BCUT2D eigenvalue weighted by Gasteiger charge is -2.27. The van der Waals surface area contributed by atoms with E-state index in [-0.39, 0.29) is 30.6 Å². The van der Waals surface area contributed by atoms with Crippen LogP contribution in [0, 0.1) is 0 Å². The van der Waals surface area contributed by atoms with Gasteiger partial charge in [-0.1, -0.05) is 60.4 Å². The number of benzene rings is 2. The van der Waals surface area contributed by atoms with Crippen LogP contribution in [0.3, 0.4) is 0 Å². The van der Waals surface area contributed by atoms with Gasteiger partial charge in [0, 0.05) is 5.41 Å². The van der Waals surface area contributed by atoms with Crippen LogP contribution in [-0.4, -0.2) is 57.6 Å². The molecule has 0 bridgehead atoms. The molecule has 5 nitrogen and oxygen atoms in total. The van der Waals surface area contributed by atoms with Crippen LogP contribution in [0.25, 0.3) is 0 Å². The van der Waals surface area contributed by atoms with Crippen molar-refractivity contribution in [3.63, 3.8) is 0 Å². The molecule has 9 heteroatoms. The molecule has 178 valence electrons. The zero-order valence-electron chi connectivity index (χ0n) is 18.3. The van der Waals surface area contributed by atoms with E-state index >= 15 is 0 Å². The van der Waals surface area contributed by atoms with Crippen LogP contribution in [-0.2, 0) is 16.6 Å². The molecule has 0 saturated heterocycles. The lowest BCUT2D eigenvalue weighted by molar-refractivity contribution is 0.125. The average molecular weight is 524 g/mol. The summed E-state index contributed by atoms with van der Waals surface area (Å²) in [6.07, 6.45) is -1.59. The van der Waals surface area contributed by atoms with Crippen molar-refractivity contribution in [2.24, 2.45) is 0 Å². The minimum atomic E-state index is -1.09. The van der Waals surface area contributed by atoms with E-state index in [0.717, 1.165) is 11.1 Å². The highest BCUT2D eigenvalue weighted by atomic mass is 35.5. The smallest absolute Gasteiger partial charge is 0.156 e. The highest BCUT2D eigenvalue weighted by Gasteiger charge is 2.26. The van der Waals surface area contributed by atoms with Crippen LogP contribution in [0.2, 0.25) is 10.0 Å². The summed E-state index contributed by atoms with van der Waals surface area (Å²) in [6.45, 7) is 5.97. The van der Waals surface area contributed by atoms with E-state index in [9.17, 15) is 14.8 Å². The van der Waals surface area contributed by atoms with Crippen molar-refractivity contribution in [3.05, 3.63) is 57.6 Å². The highest BCUT2D eigenvalue weighted by Crippen LogP contribution is 2.40.